The molecule has 1 amide bonds. The molecular formula is C16H18N4OS. The van der Waals surface area contributed by atoms with Crippen LogP contribution in [0.15, 0.2) is 29.4 Å². The fraction of sp³-hybridized carbons (Fsp3) is 0.312. The molecule has 6 heteroatoms. The standard InChI is InChI=1S/C16H18N4OS/c1-5-20-12(8-9-17-20)15(21)18-16-19(4)13-10(2)6-7-11(3)14(13)22-16/h6-9H,5H2,1-4H3. The molecule has 0 aliphatic rings. The van der Waals surface area contributed by atoms with Crippen LogP contribution < -0.4 is 4.80 Å². The van der Waals surface area contributed by atoms with Crippen LogP contribution in [-0.2, 0) is 13.6 Å². The van der Waals surface area contributed by atoms with Crippen molar-refractivity contribution in [2.24, 2.45) is 12.0 Å². The predicted octanol–water partition coefficient (Wildman–Crippen LogP) is 2.81. The van der Waals surface area contributed by atoms with Crippen LogP contribution in [0.1, 0.15) is 28.5 Å². The lowest BCUT2D eigenvalue weighted by molar-refractivity contribution is 0.0988. The van der Waals surface area contributed by atoms with Crippen molar-refractivity contribution in [3.8, 4) is 0 Å². The van der Waals surface area contributed by atoms with Crippen molar-refractivity contribution < 1.29 is 4.79 Å². The molecule has 0 atom stereocenters. The molecule has 0 aliphatic heterocycles. The molecule has 2 aromatic heterocycles. The van der Waals surface area contributed by atoms with Crippen molar-refractivity contribution in [1.82, 2.24) is 14.3 Å². The molecule has 0 spiro atoms. The molecule has 22 heavy (non-hydrogen) atoms. The molecule has 0 fully saturated rings. The Hall–Kier alpha value is -2.21. The van der Waals surface area contributed by atoms with E-state index in [1.165, 1.54) is 15.8 Å². The number of fused-ring (bicyclic) bond motifs is 1. The second-order valence-corrected chi connectivity index (χ2v) is 6.25. The second kappa shape index (κ2) is 5.53. The molecule has 1 aromatic carbocycles. The molecule has 114 valence electrons. The van der Waals surface area contributed by atoms with E-state index in [2.05, 4.69) is 36.1 Å². The van der Waals surface area contributed by atoms with Crippen molar-refractivity contribution in [1.29, 1.82) is 0 Å². The van der Waals surface area contributed by atoms with E-state index in [-0.39, 0.29) is 5.91 Å². The van der Waals surface area contributed by atoms with Crippen LogP contribution in [0, 0.1) is 13.8 Å². The highest BCUT2D eigenvalue weighted by Gasteiger charge is 2.12. The lowest BCUT2D eigenvalue weighted by Gasteiger charge is -2.02. The lowest BCUT2D eigenvalue weighted by Crippen LogP contribution is -2.15. The average molecular weight is 314 g/mol. The number of benzene rings is 1. The van der Waals surface area contributed by atoms with Gasteiger partial charge in [0.1, 0.15) is 5.69 Å². The molecule has 0 radical (unpaired) electrons. The third kappa shape index (κ3) is 2.29. The normalized spacial score (nSPS) is 12.3. The smallest absolute Gasteiger partial charge is 0.297 e. The minimum atomic E-state index is -0.253. The Balaban J connectivity index is 2.18. The zero-order chi connectivity index (χ0) is 15.9. The fourth-order valence-electron chi connectivity index (χ4n) is 2.58. The van der Waals surface area contributed by atoms with Gasteiger partial charge in [-0.1, -0.05) is 23.5 Å². The SMILES string of the molecule is CCn1nccc1C(=O)N=c1sc2c(C)ccc(C)c2n1C. The minimum Gasteiger partial charge on any atom is -0.319 e. The number of aromatic nitrogens is 3. The lowest BCUT2D eigenvalue weighted by atomic mass is 10.1. The van der Waals surface area contributed by atoms with Crippen LogP contribution in [0.5, 0.6) is 0 Å². The third-order valence-electron chi connectivity index (χ3n) is 3.78. The molecular weight excluding hydrogens is 296 g/mol. The first-order chi connectivity index (χ1) is 10.5. The Kier molecular flexibility index (Phi) is 3.70. The summed E-state index contributed by atoms with van der Waals surface area (Å²) in [7, 11) is 1.95. The molecule has 0 N–H and O–H groups in total. The largest absolute Gasteiger partial charge is 0.319 e. The number of rotatable bonds is 2. The number of amides is 1. The Bertz CT molecular complexity index is 929. The number of nitrogens with zero attached hydrogens (tertiary/aromatic N) is 4. The molecule has 0 unspecified atom stereocenters. The van der Waals surface area contributed by atoms with Gasteiger partial charge in [0.25, 0.3) is 5.91 Å². The molecule has 0 saturated heterocycles. The maximum Gasteiger partial charge on any atom is 0.297 e. The van der Waals surface area contributed by atoms with E-state index in [1.807, 2.05) is 18.5 Å². The number of aryl methyl sites for hydroxylation is 4. The van der Waals surface area contributed by atoms with Gasteiger partial charge < -0.3 is 4.57 Å². The number of carbonyl (C=O) groups excluding carboxylic acids is 1. The first-order valence-corrected chi connectivity index (χ1v) is 8.01. The van der Waals surface area contributed by atoms with E-state index < -0.39 is 0 Å². The van der Waals surface area contributed by atoms with Gasteiger partial charge in [-0.05, 0) is 38.0 Å². The Morgan fingerprint density at radius 2 is 2.00 bits per heavy atom. The van der Waals surface area contributed by atoms with Gasteiger partial charge in [0.2, 0.25) is 0 Å². The molecule has 0 saturated carbocycles. The van der Waals surface area contributed by atoms with Gasteiger partial charge in [-0.15, -0.1) is 0 Å². The number of thiazole rings is 1. The molecule has 0 bridgehead atoms. The van der Waals surface area contributed by atoms with Crippen molar-refractivity contribution in [3.63, 3.8) is 0 Å². The van der Waals surface area contributed by atoms with Crippen molar-refractivity contribution in [3.05, 3.63) is 46.0 Å². The van der Waals surface area contributed by atoms with Gasteiger partial charge in [-0.25, -0.2) is 0 Å². The predicted molar refractivity (Wildman–Crippen MR) is 88.1 cm³/mol. The first kappa shape index (κ1) is 14.7. The fourth-order valence-corrected chi connectivity index (χ4v) is 3.74. The Morgan fingerprint density at radius 3 is 2.68 bits per heavy atom. The summed E-state index contributed by atoms with van der Waals surface area (Å²) in [5.74, 6) is -0.253. The first-order valence-electron chi connectivity index (χ1n) is 7.19. The summed E-state index contributed by atoms with van der Waals surface area (Å²) in [6.45, 7) is 6.76. The Labute approximate surface area is 132 Å². The summed E-state index contributed by atoms with van der Waals surface area (Å²) in [5, 5.41) is 4.12. The van der Waals surface area contributed by atoms with Gasteiger partial charge in [-0.2, -0.15) is 10.1 Å². The number of hydrogen-bond donors (Lipinski definition) is 0. The molecule has 3 rings (SSSR count). The van der Waals surface area contributed by atoms with Crippen molar-refractivity contribution in [2.75, 3.05) is 0 Å². The van der Waals surface area contributed by atoms with Gasteiger partial charge in [0.15, 0.2) is 4.80 Å². The summed E-state index contributed by atoms with van der Waals surface area (Å²) in [6.07, 6.45) is 1.63. The maximum absolute atomic E-state index is 12.4. The summed E-state index contributed by atoms with van der Waals surface area (Å²) in [5.41, 5.74) is 4.05. The summed E-state index contributed by atoms with van der Waals surface area (Å²) in [6, 6.07) is 5.91. The summed E-state index contributed by atoms with van der Waals surface area (Å²) < 4.78 is 4.83. The maximum atomic E-state index is 12.4. The number of carbonyl (C=O) groups is 1. The van der Waals surface area contributed by atoms with Crippen LogP contribution in [0.3, 0.4) is 0 Å². The highest BCUT2D eigenvalue weighted by Crippen LogP contribution is 2.24. The van der Waals surface area contributed by atoms with Gasteiger partial charge in [-0.3, -0.25) is 9.48 Å². The van der Waals surface area contributed by atoms with Crippen LogP contribution in [-0.4, -0.2) is 20.3 Å². The van der Waals surface area contributed by atoms with Gasteiger partial charge >= 0.3 is 0 Å². The van der Waals surface area contributed by atoms with Crippen LogP contribution >= 0.6 is 11.3 Å². The van der Waals surface area contributed by atoms with Gasteiger partial charge in [0.05, 0.1) is 10.2 Å². The molecule has 3 aromatic rings. The zero-order valence-electron chi connectivity index (χ0n) is 13.1. The Morgan fingerprint density at radius 1 is 1.27 bits per heavy atom. The van der Waals surface area contributed by atoms with E-state index in [0.717, 1.165) is 5.52 Å². The van der Waals surface area contributed by atoms with Crippen LogP contribution in [0.4, 0.5) is 0 Å². The van der Waals surface area contributed by atoms with Crippen molar-refractivity contribution in [2.45, 2.75) is 27.3 Å². The zero-order valence-corrected chi connectivity index (χ0v) is 13.9. The van der Waals surface area contributed by atoms with E-state index in [0.29, 0.717) is 17.0 Å². The van der Waals surface area contributed by atoms with E-state index >= 15 is 0 Å². The van der Waals surface area contributed by atoms with Gasteiger partial charge in [0, 0.05) is 19.8 Å². The topological polar surface area (TPSA) is 52.2 Å². The monoisotopic (exact) mass is 314 g/mol. The van der Waals surface area contributed by atoms with Crippen LogP contribution in [0.25, 0.3) is 10.2 Å². The van der Waals surface area contributed by atoms with E-state index in [9.17, 15) is 4.79 Å². The quantitative estimate of drug-likeness (QED) is 0.730. The summed E-state index contributed by atoms with van der Waals surface area (Å²) >= 11 is 1.55. The highest BCUT2D eigenvalue weighted by atomic mass is 32.1. The van der Waals surface area contributed by atoms with E-state index in [4.69, 9.17) is 0 Å². The molecule has 5 nitrogen and oxygen atoms in total. The minimum absolute atomic E-state index is 0.253. The third-order valence-corrected chi connectivity index (χ3v) is 5.05. The van der Waals surface area contributed by atoms with Crippen LogP contribution in [0.2, 0.25) is 0 Å². The number of hydrogen-bond acceptors (Lipinski definition) is 3. The summed E-state index contributed by atoms with van der Waals surface area (Å²) in [4.78, 5) is 17.4. The average Bonchev–Trinajstić information content (AvgIpc) is 3.09. The molecule has 0 aliphatic carbocycles. The second-order valence-electron chi connectivity index (χ2n) is 5.27. The molecule has 2 heterocycles. The van der Waals surface area contributed by atoms with E-state index in [1.54, 1.807) is 28.3 Å². The van der Waals surface area contributed by atoms with Crippen molar-refractivity contribution >= 4 is 27.5 Å². The highest BCUT2D eigenvalue weighted by molar-refractivity contribution is 7.16.